The van der Waals surface area contributed by atoms with E-state index in [9.17, 15) is 48.3 Å². The standard InChI is InChI=1S/C11H12F11I/c1-3-4-6(2,23)5-7(12,13)8(14,15)9(16,17)10(18,19)11(20,21)22/h3-5H2,1-2H3. The zero-order valence-corrected chi connectivity index (χ0v) is 13.8. The summed E-state index contributed by atoms with van der Waals surface area (Å²) in [6.45, 7) is 2.43. The predicted octanol–water partition coefficient (Wildman–Crippen LogP) is 6.47. The molecule has 0 bridgehead atoms. The van der Waals surface area contributed by atoms with Gasteiger partial charge in [-0.25, -0.2) is 0 Å². The molecule has 0 aliphatic rings. The van der Waals surface area contributed by atoms with Crippen molar-refractivity contribution in [2.45, 2.75) is 66.4 Å². The number of alkyl halides is 12. The first kappa shape index (κ1) is 23.0. The topological polar surface area (TPSA) is 0 Å². The van der Waals surface area contributed by atoms with Crippen LogP contribution < -0.4 is 0 Å². The Kier molecular flexibility index (Phi) is 6.34. The first-order valence-corrected chi connectivity index (χ1v) is 7.11. The summed E-state index contributed by atoms with van der Waals surface area (Å²) in [6.07, 6.45) is -9.10. The highest BCUT2D eigenvalue weighted by atomic mass is 127. The van der Waals surface area contributed by atoms with E-state index in [1.165, 1.54) is 29.5 Å². The molecule has 12 heteroatoms. The lowest BCUT2D eigenvalue weighted by Gasteiger charge is -2.39. The summed E-state index contributed by atoms with van der Waals surface area (Å²) in [4.78, 5) is 0. The Hall–Kier alpha value is -0.0400. The maximum atomic E-state index is 13.5. The molecule has 0 aromatic heterocycles. The molecule has 0 aliphatic carbocycles. The summed E-state index contributed by atoms with van der Waals surface area (Å²) in [5, 5.41) is 0. The molecule has 0 saturated heterocycles. The third-order valence-electron chi connectivity index (χ3n) is 2.97. The summed E-state index contributed by atoms with van der Waals surface area (Å²) in [6, 6.07) is 0. The van der Waals surface area contributed by atoms with Crippen LogP contribution in [0.15, 0.2) is 0 Å². The molecule has 0 rings (SSSR count). The molecule has 0 aromatic carbocycles. The summed E-state index contributed by atoms with van der Waals surface area (Å²) >= 11 is 1.24. The summed E-state index contributed by atoms with van der Waals surface area (Å²) in [5.41, 5.74) is 0. The Labute approximate surface area is 137 Å². The van der Waals surface area contributed by atoms with Crippen molar-refractivity contribution in [3.63, 3.8) is 0 Å². The molecule has 0 N–H and O–H groups in total. The van der Waals surface area contributed by atoms with E-state index in [4.69, 9.17) is 0 Å². The quantitative estimate of drug-likeness (QED) is 0.223. The predicted molar refractivity (Wildman–Crippen MR) is 67.8 cm³/mol. The fourth-order valence-corrected chi connectivity index (χ4v) is 2.81. The minimum Gasteiger partial charge on any atom is -0.200 e. The molecule has 0 fully saturated rings. The van der Waals surface area contributed by atoms with Crippen molar-refractivity contribution in [2.24, 2.45) is 0 Å². The molecule has 23 heavy (non-hydrogen) atoms. The van der Waals surface area contributed by atoms with Gasteiger partial charge < -0.3 is 0 Å². The Morgan fingerprint density at radius 3 is 1.39 bits per heavy atom. The second kappa shape index (κ2) is 6.36. The van der Waals surface area contributed by atoms with Crippen LogP contribution in [0.5, 0.6) is 0 Å². The van der Waals surface area contributed by atoms with E-state index in [0.29, 0.717) is 0 Å². The van der Waals surface area contributed by atoms with Gasteiger partial charge >= 0.3 is 29.9 Å². The number of halogens is 12. The van der Waals surface area contributed by atoms with E-state index >= 15 is 0 Å². The molecule has 1 atom stereocenters. The van der Waals surface area contributed by atoms with Crippen molar-refractivity contribution in [3.05, 3.63) is 0 Å². The third-order valence-corrected chi connectivity index (χ3v) is 3.89. The first-order chi connectivity index (χ1) is 9.77. The highest BCUT2D eigenvalue weighted by Crippen LogP contribution is 2.59. The molecule has 0 amide bonds. The maximum absolute atomic E-state index is 13.5. The van der Waals surface area contributed by atoms with Crippen LogP contribution in [0.4, 0.5) is 48.3 Å². The van der Waals surface area contributed by atoms with Crippen LogP contribution in [-0.2, 0) is 0 Å². The Balaban J connectivity index is 5.85. The molecule has 0 spiro atoms. The first-order valence-electron chi connectivity index (χ1n) is 6.04. The maximum Gasteiger partial charge on any atom is 0.460 e. The average molecular weight is 480 g/mol. The highest BCUT2D eigenvalue weighted by molar-refractivity contribution is 14.1. The normalized spacial score (nSPS) is 18.0. The SMILES string of the molecule is CCCC(C)(I)CC(F)(F)C(F)(F)C(F)(F)C(F)(F)C(F)(F)F. The van der Waals surface area contributed by atoms with E-state index in [-0.39, 0.29) is 12.8 Å². The zero-order chi connectivity index (χ0) is 19.1. The van der Waals surface area contributed by atoms with Gasteiger partial charge in [0.05, 0.1) is 0 Å². The Morgan fingerprint density at radius 2 is 1.09 bits per heavy atom. The average Bonchev–Trinajstić information content (AvgIpc) is 2.24. The van der Waals surface area contributed by atoms with Crippen molar-refractivity contribution < 1.29 is 48.3 Å². The van der Waals surface area contributed by atoms with Gasteiger partial charge in [-0.05, 0) is 6.42 Å². The third kappa shape index (κ3) is 4.14. The van der Waals surface area contributed by atoms with E-state index < -0.39 is 39.7 Å². The molecular weight excluding hydrogens is 468 g/mol. The van der Waals surface area contributed by atoms with Gasteiger partial charge in [-0.1, -0.05) is 42.9 Å². The minimum atomic E-state index is -7.32. The van der Waals surface area contributed by atoms with Crippen molar-refractivity contribution >= 4 is 22.6 Å². The number of hydrogen-bond donors (Lipinski definition) is 0. The van der Waals surface area contributed by atoms with Gasteiger partial charge in [0.1, 0.15) is 0 Å². The Morgan fingerprint density at radius 1 is 0.696 bits per heavy atom. The molecule has 0 radical (unpaired) electrons. The van der Waals surface area contributed by atoms with Crippen molar-refractivity contribution in [2.75, 3.05) is 0 Å². The minimum absolute atomic E-state index is 0.166. The Bertz CT molecular complexity index is 411. The van der Waals surface area contributed by atoms with Gasteiger partial charge in [-0.15, -0.1) is 0 Å². The summed E-state index contributed by atoms with van der Waals surface area (Å²) < 4.78 is 139. The van der Waals surface area contributed by atoms with Crippen molar-refractivity contribution in [3.8, 4) is 0 Å². The number of rotatable bonds is 7. The summed E-state index contributed by atoms with van der Waals surface area (Å²) in [5.74, 6) is -27.3. The lowest BCUT2D eigenvalue weighted by Crippen LogP contribution is -2.66. The molecule has 0 nitrogen and oxygen atoms in total. The molecule has 0 aliphatic heterocycles. The smallest absolute Gasteiger partial charge is 0.200 e. The van der Waals surface area contributed by atoms with Gasteiger partial charge in [0.25, 0.3) is 0 Å². The van der Waals surface area contributed by atoms with Crippen LogP contribution in [0.1, 0.15) is 33.1 Å². The van der Waals surface area contributed by atoms with Gasteiger partial charge in [-0.3, -0.25) is 0 Å². The fraction of sp³-hybridized carbons (Fsp3) is 1.00. The lowest BCUT2D eigenvalue weighted by atomic mass is 9.90. The molecule has 0 aromatic rings. The highest BCUT2D eigenvalue weighted by Gasteiger charge is 2.87. The van der Waals surface area contributed by atoms with Crippen molar-refractivity contribution in [1.29, 1.82) is 0 Å². The largest absolute Gasteiger partial charge is 0.460 e. The summed E-state index contributed by atoms with van der Waals surface area (Å²) in [7, 11) is 0. The van der Waals surface area contributed by atoms with E-state index in [1.807, 2.05) is 0 Å². The molecular formula is C11H12F11I. The number of hydrogen-bond acceptors (Lipinski definition) is 0. The molecule has 0 saturated carbocycles. The van der Waals surface area contributed by atoms with Crippen LogP contribution >= 0.6 is 22.6 Å². The lowest BCUT2D eigenvalue weighted by molar-refractivity contribution is -0.422. The van der Waals surface area contributed by atoms with Crippen LogP contribution in [0.25, 0.3) is 0 Å². The van der Waals surface area contributed by atoms with Crippen LogP contribution in [-0.4, -0.2) is 33.3 Å². The second-order valence-corrected chi connectivity index (χ2v) is 7.87. The molecule has 140 valence electrons. The zero-order valence-electron chi connectivity index (χ0n) is 11.7. The van der Waals surface area contributed by atoms with E-state index in [2.05, 4.69) is 0 Å². The van der Waals surface area contributed by atoms with Crippen LogP contribution in [0.2, 0.25) is 0 Å². The van der Waals surface area contributed by atoms with E-state index in [1.54, 1.807) is 0 Å². The molecule has 1 unspecified atom stereocenters. The second-order valence-electron chi connectivity index (χ2n) is 5.27. The van der Waals surface area contributed by atoms with Crippen LogP contribution in [0, 0.1) is 0 Å². The fourth-order valence-electron chi connectivity index (χ4n) is 1.79. The monoisotopic (exact) mass is 480 g/mol. The van der Waals surface area contributed by atoms with Crippen LogP contribution in [0.3, 0.4) is 0 Å². The molecule has 0 heterocycles. The van der Waals surface area contributed by atoms with Gasteiger partial charge in [0.2, 0.25) is 0 Å². The van der Waals surface area contributed by atoms with Crippen molar-refractivity contribution in [1.82, 2.24) is 0 Å². The van der Waals surface area contributed by atoms with Gasteiger partial charge in [-0.2, -0.15) is 48.3 Å². The van der Waals surface area contributed by atoms with Gasteiger partial charge in [0, 0.05) is 9.84 Å². The van der Waals surface area contributed by atoms with Gasteiger partial charge in [0.15, 0.2) is 0 Å². The van der Waals surface area contributed by atoms with E-state index in [0.717, 1.165) is 6.92 Å².